The van der Waals surface area contributed by atoms with Gasteiger partial charge in [0, 0.05) is 5.75 Å². The number of benzene rings is 1. The molecule has 0 radical (unpaired) electrons. The lowest BCUT2D eigenvalue weighted by Gasteiger charge is -1.93. The van der Waals surface area contributed by atoms with Gasteiger partial charge in [0.25, 0.3) is 0 Å². The van der Waals surface area contributed by atoms with Crippen LogP contribution in [0.4, 0.5) is 0 Å². The van der Waals surface area contributed by atoms with E-state index in [1.807, 2.05) is 24.3 Å². The minimum Gasteiger partial charge on any atom is -0.480 e. The van der Waals surface area contributed by atoms with Crippen LogP contribution >= 0.6 is 11.8 Å². The number of rotatable bonds is 4. The summed E-state index contributed by atoms with van der Waals surface area (Å²) in [5, 5.41) is 9.59. The van der Waals surface area contributed by atoms with E-state index in [0.717, 1.165) is 10.6 Å². The van der Waals surface area contributed by atoms with E-state index in [9.17, 15) is 4.79 Å². The standard InChI is InChI=1S/C15H15NO2S/c1-11-6-8-12(9-7-11)4-2-3-5-14-16-13(10-19-14)15(17)18/h2-9,13H,10H2,1H3,(H,17,18)/b4-2+,5-3+/t13-/m1/s1. The molecule has 1 aromatic rings. The minimum absolute atomic E-state index is 0.524. The molecule has 0 aromatic heterocycles. The van der Waals surface area contributed by atoms with Crippen LogP contribution in [0.5, 0.6) is 0 Å². The molecule has 0 bridgehead atoms. The fourth-order valence-corrected chi connectivity index (χ4v) is 2.51. The minimum atomic E-state index is -0.855. The first-order valence-electron chi connectivity index (χ1n) is 6.00. The average molecular weight is 273 g/mol. The van der Waals surface area contributed by atoms with Gasteiger partial charge in [-0.3, -0.25) is 4.99 Å². The monoisotopic (exact) mass is 273 g/mol. The van der Waals surface area contributed by atoms with Crippen LogP contribution in [0.3, 0.4) is 0 Å². The van der Waals surface area contributed by atoms with Crippen LogP contribution < -0.4 is 0 Å². The number of hydrogen-bond acceptors (Lipinski definition) is 3. The maximum absolute atomic E-state index is 10.7. The van der Waals surface area contributed by atoms with E-state index in [0.29, 0.717) is 5.75 Å². The molecule has 0 saturated carbocycles. The number of thioether (sulfide) groups is 1. The van der Waals surface area contributed by atoms with Crippen LogP contribution in [-0.4, -0.2) is 27.9 Å². The predicted molar refractivity (Wildman–Crippen MR) is 80.7 cm³/mol. The van der Waals surface area contributed by atoms with Gasteiger partial charge in [-0.05, 0) is 18.6 Å². The highest BCUT2D eigenvalue weighted by Gasteiger charge is 2.22. The fourth-order valence-electron chi connectivity index (χ4n) is 1.59. The Morgan fingerprint density at radius 3 is 2.63 bits per heavy atom. The van der Waals surface area contributed by atoms with Crippen molar-refractivity contribution in [3.63, 3.8) is 0 Å². The number of aryl methyl sites for hydroxylation is 1. The Labute approximate surface area is 116 Å². The summed E-state index contributed by atoms with van der Waals surface area (Å²) in [6.07, 6.45) is 7.67. The molecule has 0 unspecified atom stereocenters. The zero-order valence-corrected chi connectivity index (χ0v) is 11.4. The van der Waals surface area contributed by atoms with E-state index < -0.39 is 12.0 Å². The number of hydrogen-bond donors (Lipinski definition) is 1. The molecule has 1 atom stereocenters. The van der Waals surface area contributed by atoms with Crippen molar-refractivity contribution in [1.29, 1.82) is 0 Å². The van der Waals surface area contributed by atoms with Crippen LogP contribution in [0.15, 0.2) is 47.5 Å². The van der Waals surface area contributed by atoms with Gasteiger partial charge >= 0.3 is 5.97 Å². The molecule has 4 heteroatoms. The van der Waals surface area contributed by atoms with Crippen molar-refractivity contribution >= 4 is 28.9 Å². The summed E-state index contributed by atoms with van der Waals surface area (Å²) in [6, 6.07) is 7.66. The molecular formula is C15H15NO2S. The maximum atomic E-state index is 10.7. The number of carboxylic acid groups (broad SMARTS) is 1. The smallest absolute Gasteiger partial charge is 0.329 e. The maximum Gasteiger partial charge on any atom is 0.329 e. The molecule has 1 aliphatic heterocycles. The third-order valence-electron chi connectivity index (χ3n) is 2.67. The van der Waals surface area contributed by atoms with Gasteiger partial charge < -0.3 is 5.11 Å². The van der Waals surface area contributed by atoms with Crippen molar-refractivity contribution in [2.75, 3.05) is 5.75 Å². The lowest BCUT2D eigenvalue weighted by atomic mass is 10.1. The van der Waals surface area contributed by atoms with Gasteiger partial charge in [0.1, 0.15) is 0 Å². The Morgan fingerprint density at radius 2 is 2.00 bits per heavy atom. The number of carboxylic acids is 1. The molecule has 0 spiro atoms. The van der Waals surface area contributed by atoms with Crippen molar-refractivity contribution in [1.82, 2.24) is 0 Å². The number of aliphatic carboxylic acids is 1. The number of aliphatic imine (C=N–C) groups is 1. The Hall–Kier alpha value is -1.81. The first-order valence-corrected chi connectivity index (χ1v) is 6.98. The Kier molecular flexibility index (Phi) is 4.58. The highest BCUT2D eigenvalue weighted by Crippen LogP contribution is 2.19. The van der Waals surface area contributed by atoms with E-state index in [1.54, 1.807) is 0 Å². The summed E-state index contributed by atoms with van der Waals surface area (Å²) < 4.78 is 0. The molecule has 2 rings (SSSR count). The Morgan fingerprint density at radius 1 is 1.32 bits per heavy atom. The van der Waals surface area contributed by atoms with Gasteiger partial charge in [0.05, 0.1) is 5.04 Å². The fraction of sp³-hybridized carbons (Fsp3) is 0.200. The molecule has 19 heavy (non-hydrogen) atoms. The van der Waals surface area contributed by atoms with E-state index in [1.165, 1.54) is 17.3 Å². The molecule has 1 aliphatic rings. The van der Waals surface area contributed by atoms with Gasteiger partial charge in [0.2, 0.25) is 0 Å². The summed E-state index contributed by atoms with van der Waals surface area (Å²) in [7, 11) is 0. The summed E-state index contributed by atoms with van der Waals surface area (Å²) in [6.45, 7) is 2.06. The average Bonchev–Trinajstić information content (AvgIpc) is 2.86. The third-order valence-corrected chi connectivity index (χ3v) is 3.69. The molecular weight excluding hydrogens is 258 g/mol. The lowest BCUT2D eigenvalue weighted by Crippen LogP contribution is -2.16. The van der Waals surface area contributed by atoms with Crippen LogP contribution in [0.2, 0.25) is 0 Å². The second kappa shape index (κ2) is 6.38. The molecule has 3 nitrogen and oxygen atoms in total. The molecule has 0 fully saturated rings. The van der Waals surface area contributed by atoms with E-state index in [-0.39, 0.29) is 0 Å². The van der Waals surface area contributed by atoms with Crippen molar-refractivity contribution in [3.8, 4) is 0 Å². The molecule has 0 saturated heterocycles. The SMILES string of the molecule is Cc1ccc(/C=C/C=C/C2=N[C@@H](C(=O)O)CS2)cc1. The second-order valence-corrected chi connectivity index (χ2v) is 5.30. The Bertz CT molecular complexity index is 544. The third kappa shape index (κ3) is 4.10. The highest BCUT2D eigenvalue weighted by molar-refractivity contribution is 8.14. The number of nitrogens with zero attached hydrogens (tertiary/aromatic N) is 1. The van der Waals surface area contributed by atoms with Crippen molar-refractivity contribution in [2.45, 2.75) is 13.0 Å². The van der Waals surface area contributed by atoms with Gasteiger partial charge in [-0.25, -0.2) is 4.79 Å². The molecule has 1 heterocycles. The summed E-state index contributed by atoms with van der Waals surface area (Å²) in [5.41, 5.74) is 2.38. The van der Waals surface area contributed by atoms with E-state index in [4.69, 9.17) is 5.11 Å². The van der Waals surface area contributed by atoms with Gasteiger partial charge in [0.15, 0.2) is 6.04 Å². The van der Waals surface area contributed by atoms with Crippen LogP contribution in [0, 0.1) is 6.92 Å². The van der Waals surface area contributed by atoms with Crippen LogP contribution in [0.1, 0.15) is 11.1 Å². The molecule has 1 aromatic carbocycles. The highest BCUT2D eigenvalue weighted by atomic mass is 32.2. The zero-order chi connectivity index (χ0) is 13.7. The summed E-state index contributed by atoms with van der Waals surface area (Å²) in [5.74, 6) is -0.331. The molecule has 98 valence electrons. The number of carbonyl (C=O) groups is 1. The van der Waals surface area contributed by atoms with E-state index >= 15 is 0 Å². The number of allylic oxidation sites excluding steroid dienone is 2. The normalized spacial score (nSPS) is 19.2. The molecule has 1 N–H and O–H groups in total. The van der Waals surface area contributed by atoms with Crippen LogP contribution in [0.25, 0.3) is 6.08 Å². The molecule has 0 aliphatic carbocycles. The quantitative estimate of drug-likeness (QED) is 0.857. The zero-order valence-electron chi connectivity index (χ0n) is 10.6. The molecule has 0 amide bonds. The van der Waals surface area contributed by atoms with Gasteiger partial charge in [-0.2, -0.15) is 0 Å². The summed E-state index contributed by atoms with van der Waals surface area (Å²) in [4.78, 5) is 14.8. The van der Waals surface area contributed by atoms with Crippen molar-refractivity contribution in [3.05, 3.63) is 53.6 Å². The van der Waals surface area contributed by atoms with Gasteiger partial charge in [-0.1, -0.05) is 48.1 Å². The first-order chi connectivity index (χ1) is 9.15. The second-order valence-electron chi connectivity index (χ2n) is 4.26. The van der Waals surface area contributed by atoms with E-state index in [2.05, 4.69) is 36.2 Å². The summed E-state index contributed by atoms with van der Waals surface area (Å²) >= 11 is 1.48. The van der Waals surface area contributed by atoms with Crippen molar-refractivity contribution in [2.24, 2.45) is 4.99 Å². The largest absolute Gasteiger partial charge is 0.480 e. The van der Waals surface area contributed by atoms with Gasteiger partial charge in [-0.15, -0.1) is 11.8 Å². The topological polar surface area (TPSA) is 49.7 Å². The Balaban J connectivity index is 1.92. The lowest BCUT2D eigenvalue weighted by molar-refractivity contribution is -0.137. The first kappa shape index (κ1) is 13.6. The van der Waals surface area contributed by atoms with Crippen LogP contribution in [-0.2, 0) is 4.79 Å². The van der Waals surface area contributed by atoms with Crippen molar-refractivity contribution < 1.29 is 9.90 Å². The predicted octanol–water partition coefficient (Wildman–Crippen LogP) is 3.16.